The van der Waals surface area contributed by atoms with Gasteiger partial charge in [-0.1, -0.05) is 66.4 Å². The monoisotopic (exact) mass is 471 g/mol. The number of aromatic nitrogens is 3. The molecule has 0 saturated carbocycles. The van der Waals surface area contributed by atoms with Crippen LogP contribution in [0, 0.1) is 13.8 Å². The summed E-state index contributed by atoms with van der Waals surface area (Å²) in [7, 11) is 1.64. The minimum absolute atomic E-state index is 0.0949. The molecule has 5 rings (SSSR count). The Morgan fingerprint density at radius 2 is 1.79 bits per heavy atom. The second-order valence-electron chi connectivity index (χ2n) is 8.23. The molecular weight excluding hydrogens is 446 g/mol. The van der Waals surface area contributed by atoms with Crippen LogP contribution in [0.3, 0.4) is 0 Å². The Kier molecular flexibility index (Phi) is 5.98. The Labute approximate surface area is 202 Å². The van der Waals surface area contributed by atoms with Gasteiger partial charge in [0.1, 0.15) is 11.0 Å². The van der Waals surface area contributed by atoms with Crippen LogP contribution in [-0.2, 0) is 4.79 Å². The van der Waals surface area contributed by atoms with Gasteiger partial charge in [-0.15, -0.1) is 10.2 Å². The first-order valence-corrected chi connectivity index (χ1v) is 11.9. The summed E-state index contributed by atoms with van der Waals surface area (Å²) in [6, 6.07) is 23.4. The van der Waals surface area contributed by atoms with Gasteiger partial charge in [-0.25, -0.2) is 4.68 Å². The molecule has 0 bridgehead atoms. The number of ether oxygens (including phenoxy) is 1. The van der Waals surface area contributed by atoms with E-state index in [1.165, 1.54) is 11.8 Å². The van der Waals surface area contributed by atoms with Crippen molar-refractivity contribution in [1.29, 1.82) is 0 Å². The molecular formula is C26H25N5O2S. The zero-order chi connectivity index (χ0) is 23.7. The minimum atomic E-state index is -0.464. The largest absolute Gasteiger partial charge is 0.497 e. The molecule has 1 aliphatic heterocycles. The van der Waals surface area contributed by atoms with Gasteiger partial charge in [-0.2, -0.15) is 0 Å². The van der Waals surface area contributed by atoms with Crippen molar-refractivity contribution < 1.29 is 9.53 Å². The molecule has 0 aliphatic carbocycles. The van der Waals surface area contributed by atoms with Crippen LogP contribution in [-0.4, -0.2) is 33.1 Å². The summed E-state index contributed by atoms with van der Waals surface area (Å²) >= 11 is 1.41. The second-order valence-corrected chi connectivity index (χ2v) is 9.34. The summed E-state index contributed by atoms with van der Waals surface area (Å²) in [5.41, 5.74) is 8.35. The molecule has 1 aromatic heterocycles. The number of hydrogen-bond donors (Lipinski definition) is 2. The summed E-state index contributed by atoms with van der Waals surface area (Å²) in [5, 5.41) is 12.1. The Hall–Kier alpha value is -3.78. The number of benzene rings is 3. The lowest BCUT2D eigenvalue weighted by Crippen LogP contribution is -2.41. The summed E-state index contributed by atoms with van der Waals surface area (Å²) < 4.78 is 7.20. The molecule has 2 atom stereocenters. The SMILES string of the molecule is COc1ccc([C@@H]2Nn3c(nnc3-c3ccccc3)S[C@@H]2C(=O)Nc2cc(C)ccc2C)cc1. The van der Waals surface area contributed by atoms with Crippen LogP contribution < -0.4 is 15.5 Å². The number of nitrogens with zero attached hydrogens (tertiary/aromatic N) is 3. The van der Waals surface area contributed by atoms with E-state index in [-0.39, 0.29) is 11.9 Å². The lowest BCUT2D eigenvalue weighted by Gasteiger charge is -2.33. The van der Waals surface area contributed by atoms with Gasteiger partial charge in [0, 0.05) is 11.3 Å². The normalized spacial score (nSPS) is 16.9. The van der Waals surface area contributed by atoms with Crippen molar-refractivity contribution in [2.75, 3.05) is 17.9 Å². The second kappa shape index (κ2) is 9.23. The zero-order valence-electron chi connectivity index (χ0n) is 19.1. The van der Waals surface area contributed by atoms with Crippen LogP contribution in [0.5, 0.6) is 5.75 Å². The first kappa shape index (κ1) is 22.0. The van der Waals surface area contributed by atoms with Gasteiger partial charge in [0.25, 0.3) is 0 Å². The van der Waals surface area contributed by atoms with Crippen LogP contribution >= 0.6 is 11.8 Å². The summed E-state index contributed by atoms with van der Waals surface area (Å²) in [4.78, 5) is 13.6. The average molecular weight is 472 g/mol. The fourth-order valence-corrected chi connectivity index (χ4v) is 5.04. The van der Waals surface area contributed by atoms with E-state index in [9.17, 15) is 4.79 Å². The molecule has 7 nitrogen and oxygen atoms in total. The van der Waals surface area contributed by atoms with Crippen LogP contribution in [0.2, 0.25) is 0 Å². The molecule has 4 aromatic rings. The van der Waals surface area contributed by atoms with Gasteiger partial charge in [0.2, 0.25) is 11.1 Å². The number of nitrogens with one attached hydrogen (secondary N) is 2. The predicted octanol–water partition coefficient (Wildman–Crippen LogP) is 4.97. The average Bonchev–Trinajstić information content (AvgIpc) is 3.29. The molecule has 172 valence electrons. The highest BCUT2D eigenvalue weighted by molar-refractivity contribution is 8.00. The van der Waals surface area contributed by atoms with E-state index >= 15 is 0 Å². The maximum absolute atomic E-state index is 13.6. The first-order valence-electron chi connectivity index (χ1n) is 11.0. The van der Waals surface area contributed by atoms with Crippen LogP contribution in [0.4, 0.5) is 5.69 Å². The molecule has 2 N–H and O–H groups in total. The molecule has 3 aromatic carbocycles. The van der Waals surface area contributed by atoms with Crippen LogP contribution in [0.1, 0.15) is 22.7 Å². The van der Waals surface area contributed by atoms with Gasteiger partial charge in [0.15, 0.2) is 5.82 Å². The molecule has 0 fully saturated rings. The minimum Gasteiger partial charge on any atom is -0.497 e. The van der Waals surface area contributed by atoms with Crippen molar-refractivity contribution in [3.8, 4) is 17.1 Å². The van der Waals surface area contributed by atoms with E-state index < -0.39 is 5.25 Å². The highest BCUT2D eigenvalue weighted by Gasteiger charge is 2.38. The number of methoxy groups -OCH3 is 1. The quantitative estimate of drug-likeness (QED) is 0.428. The molecule has 0 saturated heterocycles. The molecule has 0 unspecified atom stereocenters. The number of carbonyl (C=O) groups is 1. The van der Waals surface area contributed by atoms with Gasteiger partial charge in [-0.05, 0) is 48.7 Å². The molecule has 1 aliphatic rings. The maximum Gasteiger partial charge on any atom is 0.240 e. The van der Waals surface area contributed by atoms with E-state index in [0.717, 1.165) is 33.7 Å². The molecule has 1 amide bonds. The van der Waals surface area contributed by atoms with Crippen molar-refractivity contribution in [2.45, 2.75) is 30.3 Å². The fraction of sp³-hybridized carbons (Fsp3) is 0.192. The highest BCUT2D eigenvalue weighted by Crippen LogP contribution is 2.39. The number of amides is 1. The third kappa shape index (κ3) is 4.24. The summed E-state index contributed by atoms with van der Waals surface area (Å²) in [6.07, 6.45) is 0. The lowest BCUT2D eigenvalue weighted by atomic mass is 10.0. The first-order chi connectivity index (χ1) is 16.5. The Morgan fingerprint density at radius 1 is 1.03 bits per heavy atom. The van der Waals surface area contributed by atoms with Crippen molar-refractivity contribution in [3.63, 3.8) is 0 Å². The third-order valence-electron chi connectivity index (χ3n) is 5.85. The van der Waals surface area contributed by atoms with Gasteiger partial charge in [0.05, 0.1) is 13.2 Å². The predicted molar refractivity (Wildman–Crippen MR) is 135 cm³/mol. The van der Waals surface area contributed by atoms with E-state index in [1.54, 1.807) is 7.11 Å². The zero-order valence-corrected chi connectivity index (χ0v) is 20.0. The topological polar surface area (TPSA) is 81.1 Å². The molecule has 2 heterocycles. The Bertz CT molecular complexity index is 1320. The van der Waals surface area contributed by atoms with Crippen LogP contribution in [0.25, 0.3) is 11.4 Å². The van der Waals surface area contributed by atoms with E-state index in [2.05, 4.69) is 20.9 Å². The highest BCUT2D eigenvalue weighted by atomic mass is 32.2. The number of anilines is 1. The summed E-state index contributed by atoms with van der Waals surface area (Å²) in [5.74, 6) is 1.37. The molecule has 8 heteroatoms. The lowest BCUT2D eigenvalue weighted by molar-refractivity contribution is -0.116. The van der Waals surface area contributed by atoms with Crippen LogP contribution in [0.15, 0.2) is 78.0 Å². The smallest absolute Gasteiger partial charge is 0.240 e. The third-order valence-corrected chi connectivity index (χ3v) is 7.07. The Morgan fingerprint density at radius 3 is 2.53 bits per heavy atom. The van der Waals surface area contributed by atoms with Gasteiger partial charge >= 0.3 is 0 Å². The van der Waals surface area contributed by atoms with Crippen molar-refractivity contribution in [1.82, 2.24) is 14.9 Å². The van der Waals surface area contributed by atoms with E-state index in [0.29, 0.717) is 11.0 Å². The molecule has 34 heavy (non-hydrogen) atoms. The van der Waals surface area contributed by atoms with Crippen molar-refractivity contribution in [2.24, 2.45) is 0 Å². The number of fused-ring (bicyclic) bond motifs is 1. The number of aryl methyl sites for hydroxylation is 2. The number of thioether (sulfide) groups is 1. The van der Waals surface area contributed by atoms with Crippen molar-refractivity contribution in [3.05, 3.63) is 89.5 Å². The van der Waals surface area contributed by atoms with Crippen molar-refractivity contribution >= 4 is 23.4 Å². The number of rotatable bonds is 5. The van der Waals surface area contributed by atoms with E-state index in [4.69, 9.17) is 4.74 Å². The fourth-order valence-electron chi connectivity index (χ4n) is 3.97. The molecule has 0 radical (unpaired) electrons. The van der Waals surface area contributed by atoms with Gasteiger partial charge in [-0.3, -0.25) is 4.79 Å². The van der Waals surface area contributed by atoms with Gasteiger partial charge < -0.3 is 15.5 Å². The standard InChI is InChI=1S/C26H25N5O2S/c1-16-9-10-17(2)21(15-16)27-25(32)23-22(18-11-13-20(33-3)14-12-18)30-31-24(28-29-26(31)34-23)19-7-5-4-6-8-19/h4-15,22-23,30H,1-3H3,(H,27,32)/t22-,23-/m0/s1. The number of hydrogen-bond acceptors (Lipinski definition) is 6. The molecule has 0 spiro atoms. The number of carbonyl (C=O) groups excluding carboxylic acids is 1. The summed E-state index contributed by atoms with van der Waals surface area (Å²) in [6.45, 7) is 4.00. The maximum atomic E-state index is 13.6. The van der Waals surface area contributed by atoms with E-state index in [1.807, 2.05) is 91.3 Å². The Balaban J connectivity index is 1.52.